The van der Waals surface area contributed by atoms with Crippen LogP contribution in [0.3, 0.4) is 0 Å². The highest BCUT2D eigenvalue weighted by Crippen LogP contribution is 2.19. The van der Waals surface area contributed by atoms with Crippen molar-refractivity contribution in [2.24, 2.45) is 0 Å². The van der Waals surface area contributed by atoms with E-state index in [-0.39, 0.29) is 13.0 Å². The minimum atomic E-state index is -2.74. The largest absolute Gasteiger partial charge is 0.500 e. The number of carboxylic acid groups (broad SMARTS) is 1. The van der Waals surface area contributed by atoms with Crippen molar-refractivity contribution in [3.05, 3.63) is 0 Å². The summed E-state index contributed by atoms with van der Waals surface area (Å²) < 4.78 is 22.5. The average Bonchev–Trinajstić information content (AvgIpc) is 2.58. The lowest BCUT2D eigenvalue weighted by Gasteiger charge is -2.31. The number of esters is 1. The number of hydrogen-bond donors (Lipinski definition) is 1. The van der Waals surface area contributed by atoms with Crippen LogP contribution in [0.25, 0.3) is 0 Å². The van der Waals surface area contributed by atoms with Crippen molar-refractivity contribution < 1.29 is 32.7 Å². The van der Waals surface area contributed by atoms with Crippen LogP contribution < -0.4 is 0 Å². The maximum atomic E-state index is 12.2. The molecule has 1 N–H and O–H groups in total. The standard InChI is InChI=1S/C17H35NO7Si/c1-6-18(15(14-16(19)20)17(21)22-7-2)12-11-13-26(23-8-3,24-9-4)25-10-5/h15H,6-14H2,1-5H3,(H,19,20)/t15-/m0/s1. The van der Waals surface area contributed by atoms with E-state index in [4.69, 9.17) is 23.1 Å². The summed E-state index contributed by atoms with van der Waals surface area (Å²) in [4.78, 5) is 25.1. The van der Waals surface area contributed by atoms with Gasteiger partial charge < -0.3 is 23.1 Å². The Balaban J connectivity index is 4.98. The molecular formula is C17H35NO7Si. The van der Waals surface area contributed by atoms with Gasteiger partial charge in [0.15, 0.2) is 0 Å². The van der Waals surface area contributed by atoms with Gasteiger partial charge in [-0.15, -0.1) is 0 Å². The summed E-state index contributed by atoms with van der Waals surface area (Å²) in [6.07, 6.45) is 0.396. The Kier molecular flexibility index (Phi) is 13.6. The Morgan fingerprint density at radius 1 is 0.962 bits per heavy atom. The maximum absolute atomic E-state index is 12.2. The topological polar surface area (TPSA) is 94.5 Å². The minimum Gasteiger partial charge on any atom is -0.481 e. The lowest BCUT2D eigenvalue weighted by molar-refractivity contribution is -0.154. The van der Waals surface area contributed by atoms with Gasteiger partial charge in [-0.2, -0.15) is 0 Å². The number of likely N-dealkylation sites (N-methyl/N-ethyl adjacent to an activating group) is 1. The first kappa shape index (κ1) is 25.0. The molecule has 1 atom stereocenters. The first-order valence-corrected chi connectivity index (χ1v) is 11.4. The van der Waals surface area contributed by atoms with Crippen molar-refractivity contribution in [1.82, 2.24) is 4.90 Å². The molecule has 0 aromatic heterocycles. The Morgan fingerprint density at radius 2 is 1.50 bits per heavy atom. The highest BCUT2D eigenvalue weighted by Gasteiger charge is 2.40. The molecule has 8 nitrogen and oxygen atoms in total. The number of nitrogens with zero attached hydrogens (tertiary/aromatic N) is 1. The lowest BCUT2D eigenvalue weighted by atomic mass is 10.1. The predicted molar refractivity (Wildman–Crippen MR) is 100.0 cm³/mol. The lowest BCUT2D eigenvalue weighted by Crippen LogP contribution is -2.48. The summed E-state index contributed by atoms with van der Waals surface area (Å²) in [5.74, 6) is -1.53. The molecule has 0 aliphatic heterocycles. The first-order chi connectivity index (χ1) is 12.4. The molecule has 0 radical (unpaired) electrons. The molecule has 0 fully saturated rings. The number of carboxylic acids is 1. The fourth-order valence-electron chi connectivity index (χ4n) is 2.80. The molecule has 0 unspecified atom stereocenters. The predicted octanol–water partition coefficient (Wildman–Crippen LogP) is 2.15. The zero-order chi connectivity index (χ0) is 20.0. The second kappa shape index (κ2) is 14.1. The van der Waals surface area contributed by atoms with Gasteiger partial charge in [0.05, 0.1) is 13.0 Å². The second-order valence-corrected chi connectivity index (χ2v) is 8.31. The van der Waals surface area contributed by atoms with Crippen LogP contribution in [0.4, 0.5) is 0 Å². The van der Waals surface area contributed by atoms with Gasteiger partial charge in [-0.05, 0) is 47.2 Å². The molecule has 0 saturated heterocycles. The molecular weight excluding hydrogens is 358 g/mol. The highest BCUT2D eigenvalue weighted by molar-refractivity contribution is 6.60. The highest BCUT2D eigenvalue weighted by atomic mass is 28.4. The van der Waals surface area contributed by atoms with Gasteiger partial charge in [0.25, 0.3) is 0 Å². The summed E-state index contributed by atoms with van der Waals surface area (Å²) in [6.45, 7) is 12.1. The van der Waals surface area contributed by atoms with Crippen LogP contribution >= 0.6 is 0 Å². The molecule has 0 aliphatic rings. The van der Waals surface area contributed by atoms with Crippen molar-refractivity contribution in [3.63, 3.8) is 0 Å². The van der Waals surface area contributed by atoms with E-state index in [1.807, 2.05) is 32.6 Å². The third-order valence-electron chi connectivity index (χ3n) is 3.79. The normalized spacial score (nSPS) is 13.0. The number of ether oxygens (including phenoxy) is 1. The Morgan fingerprint density at radius 3 is 1.88 bits per heavy atom. The third kappa shape index (κ3) is 9.09. The van der Waals surface area contributed by atoms with Gasteiger partial charge >= 0.3 is 20.7 Å². The number of carbonyl (C=O) groups excluding carboxylic acids is 1. The van der Waals surface area contributed by atoms with E-state index in [9.17, 15) is 9.59 Å². The Hall–Kier alpha value is -1.00. The van der Waals surface area contributed by atoms with Crippen LogP contribution in [0, 0.1) is 0 Å². The Labute approximate surface area is 158 Å². The van der Waals surface area contributed by atoms with E-state index in [0.717, 1.165) is 0 Å². The number of aliphatic carboxylic acids is 1. The fraction of sp³-hybridized carbons (Fsp3) is 0.882. The molecule has 0 amide bonds. The molecule has 0 spiro atoms. The van der Waals surface area contributed by atoms with E-state index in [2.05, 4.69) is 0 Å². The van der Waals surface area contributed by atoms with Gasteiger partial charge in [0.1, 0.15) is 6.04 Å². The molecule has 0 aliphatic carbocycles. The summed E-state index contributed by atoms with van der Waals surface area (Å²) >= 11 is 0. The third-order valence-corrected chi connectivity index (χ3v) is 6.95. The van der Waals surface area contributed by atoms with Crippen LogP contribution in [0.2, 0.25) is 6.04 Å². The molecule has 0 heterocycles. The SMILES string of the molecule is CCOC(=O)[C@H](CC(=O)O)N(CC)CCC[Si](OCC)(OCC)OCC. The van der Waals surface area contributed by atoms with E-state index in [1.165, 1.54) is 0 Å². The molecule has 0 aromatic carbocycles. The molecule has 0 rings (SSSR count). The van der Waals surface area contributed by atoms with Crippen LogP contribution in [0.5, 0.6) is 0 Å². The van der Waals surface area contributed by atoms with Crippen LogP contribution in [0.15, 0.2) is 0 Å². The molecule has 0 bridgehead atoms. The number of carbonyl (C=O) groups is 2. The van der Waals surface area contributed by atoms with Gasteiger partial charge in [0.2, 0.25) is 0 Å². The maximum Gasteiger partial charge on any atom is 0.500 e. The van der Waals surface area contributed by atoms with Crippen molar-refractivity contribution in [3.8, 4) is 0 Å². The summed E-state index contributed by atoms with van der Waals surface area (Å²) in [7, 11) is -2.74. The van der Waals surface area contributed by atoms with E-state index >= 15 is 0 Å². The van der Waals surface area contributed by atoms with Crippen LogP contribution in [-0.2, 0) is 27.6 Å². The van der Waals surface area contributed by atoms with Gasteiger partial charge in [-0.1, -0.05) is 6.92 Å². The van der Waals surface area contributed by atoms with Crippen LogP contribution in [0.1, 0.15) is 47.5 Å². The van der Waals surface area contributed by atoms with Gasteiger partial charge in [-0.3, -0.25) is 14.5 Å². The summed E-state index contributed by atoms with van der Waals surface area (Å²) in [5, 5.41) is 9.12. The zero-order valence-corrected chi connectivity index (χ0v) is 17.8. The smallest absolute Gasteiger partial charge is 0.481 e. The molecule has 0 aromatic rings. The quantitative estimate of drug-likeness (QED) is 0.315. The summed E-state index contributed by atoms with van der Waals surface area (Å²) in [6, 6.07) is -0.179. The van der Waals surface area contributed by atoms with Crippen molar-refractivity contribution >= 4 is 20.7 Å². The summed E-state index contributed by atoms with van der Waals surface area (Å²) in [5.41, 5.74) is 0. The van der Waals surface area contributed by atoms with Crippen molar-refractivity contribution in [2.75, 3.05) is 39.5 Å². The first-order valence-electron chi connectivity index (χ1n) is 9.43. The van der Waals surface area contributed by atoms with E-state index < -0.39 is 26.8 Å². The average molecular weight is 394 g/mol. The molecule has 154 valence electrons. The number of rotatable bonds is 16. The van der Waals surface area contributed by atoms with Gasteiger partial charge in [0, 0.05) is 25.9 Å². The second-order valence-electron chi connectivity index (χ2n) is 5.58. The van der Waals surface area contributed by atoms with E-state index in [1.54, 1.807) is 6.92 Å². The Bertz CT molecular complexity index is 392. The van der Waals surface area contributed by atoms with E-state index in [0.29, 0.717) is 45.4 Å². The zero-order valence-electron chi connectivity index (χ0n) is 16.8. The van der Waals surface area contributed by atoms with Crippen molar-refractivity contribution in [1.29, 1.82) is 0 Å². The van der Waals surface area contributed by atoms with Crippen molar-refractivity contribution in [2.45, 2.75) is 59.5 Å². The van der Waals surface area contributed by atoms with Gasteiger partial charge in [-0.25, -0.2) is 0 Å². The molecule has 9 heteroatoms. The minimum absolute atomic E-state index is 0.224. The number of hydrogen-bond acceptors (Lipinski definition) is 7. The molecule has 0 saturated carbocycles. The fourth-order valence-corrected chi connectivity index (χ4v) is 5.39. The monoisotopic (exact) mass is 393 g/mol. The molecule has 26 heavy (non-hydrogen) atoms. The van der Waals surface area contributed by atoms with Crippen LogP contribution in [-0.4, -0.2) is 76.3 Å².